The zero-order chi connectivity index (χ0) is 21.4. The van der Waals surface area contributed by atoms with Crippen LogP contribution in [0.25, 0.3) is 9.69 Å². The second-order valence-corrected chi connectivity index (χ2v) is 6.44. The van der Waals surface area contributed by atoms with Gasteiger partial charge in [0.2, 0.25) is 11.4 Å². The van der Waals surface area contributed by atoms with Gasteiger partial charge in [0.15, 0.2) is 6.04 Å². The van der Waals surface area contributed by atoms with Crippen molar-refractivity contribution in [2.24, 2.45) is 0 Å². The van der Waals surface area contributed by atoms with Gasteiger partial charge in [-0.25, -0.2) is 18.9 Å². The lowest BCUT2D eigenvalue weighted by Crippen LogP contribution is -2.39. The summed E-state index contributed by atoms with van der Waals surface area (Å²) in [6, 6.07) is 5.33. The number of nitrogens with zero attached hydrogens (tertiary/aromatic N) is 2. The van der Waals surface area contributed by atoms with Gasteiger partial charge in [-0.1, -0.05) is 46.9 Å². The molecule has 2 atom stereocenters. The maximum absolute atomic E-state index is 12.3. The molecule has 0 spiro atoms. The summed E-state index contributed by atoms with van der Waals surface area (Å²) >= 11 is 17.2. The van der Waals surface area contributed by atoms with Gasteiger partial charge >= 0.3 is 5.97 Å². The molecule has 0 aliphatic carbocycles. The highest BCUT2D eigenvalue weighted by Crippen LogP contribution is 2.38. The number of anilines is 1. The average Bonchev–Trinajstić information content (AvgIpc) is 2.63. The molecule has 0 fully saturated rings. The Morgan fingerprint density at radius 3 is 2.14 bits per heavy atom. The highest BCUT2D eigenvalue weighted by atomic mass is 35.5. The van der Waals surface area contributed by atoms with Crippen LogP contribution in [0, 0.1) is 19.0 Å². The van der Waals surface area contributed by atoms with Gasteiger partial charge in [0.05, 0.1) is 35.0 Å². The number of carbonyl (C=O) groups is 1. The maximum Gasteiger partial charge on any atom is 0.328 e. The molecule has 146 valence electrons. The smallest absolute Gasteiger partial charge is 0.328 e. The standard InChI is InChI=1S/C11H10Cl2N2O3.C7H3ClFN/c1-5(16)10(11(17)18)15-7-4-3-6(14-2)8(12)9(7)13;1-10-7-3-2-5(9)4-6(7)8/h3-5,10,15-16H,1H3,(H,17,18);2-4H/t5-,10+;/m0./s1. The van der Waals surface area contributed by atoms with Crippen LogP contribution in [0.1, 0.15) is 6.92 Å². The number of benzene rings is 2. The van der Waals surface area contributed by atoms with Crippen molar-refractivity contribution in [2.45, 2.75) is 19.1 Å². The number of rotatable bonds is 4. The van der Waals surface area contributed by atoms with Gasteiger partial charge in [-0.15, -0.1) is 0 Å². The van der Waals surface area contributed by atoms with Crippen LogP contribution in [0.4, 0.5) is 21.5 Å². The van der Waals surface area contributed by atoms with E-state index in [1.165, 1.54) is 31.2 Å². The third kappa shape index (κ3) is 6.26. The van der Waals surface area contributed by atoms with Gasteiger partial charge in [0.25, 0.3) is 0 Å². The lowest BCUT2D eigenvalue weighted by molar-refractivity contribution is -0.140. The first-order valence-electron chi connectivity index (χ1n) is 7.47. The summed E-state index contributed by atoms with van der Waals surface area (Å²) in [5.41, 5.74) is 0.710. The van der Waals surface area contributed by atoms with Crippen LogP contribution in [0.15, 0.2) is 30.3 Å². The fourth-order valence-electron chi connectivity index (χ4n) is 1.87. The topological polar surface area (TPSA) is 78.3 Å². The number of hydrogen-bond donors (Lipinski definition) is 3. The van der Waals surface area contributed by atoms with Crippen LogP contribution >= 0.6 is 34.8 Å². The monoisotopic (exact) mass is 443 g/mol. The molecule has 10 heteroatoms. The zero-order valence-corrected chi connectivity index (χ0v) is 16.5. The van der Waals surface area contributed by atoms with Gasteiger partial charge in [0.1, 0.15) is 5.82 Å². The summed E-state index contributed by atoms with van der Waals surface area (Å²) in [6.07, 6.45) is -1.11. The van der Waals surface area contributed by atoms with E-state index in [0.29, 0.717) is 0 Å². The second kappa shape index (κ2) is 10.7. The molecular weight excluding hydrogens is 432 g/mol. The molecule has 0 aromatic heterocycles. The number of hydrogen-bond acceptors (Lipinski definition) is 3. The third-order valence-electron chi connectivity index (χ3n) is 3.27. The predicted molar refractivity (Wildman–Crippen MR) is 107 cm³/mol. The summed E-state index contributed by atoms with van der Waals surface area (Å²) in [5, 5.41) is 21.1. The van der Waals surface area contributed by atoms with Crippen LogP contribution in [0.3, 0.4) is 0 Å². The number of aliphatic hydroxyl groups excluding tert-OH is 1. The normalized spacial score (nSPS) is 11.9. The molecule has 0 aliphatic heterocycles. The molecule has 0 amide bonds. The SMILES string of the molecule is [C-]#[N+]c1ccc(F)cc1Cl.[C-]#[N+]c1ccc(N[C@@H](C(=O)O)[C@H](C)O)c(Cl)c1Cl. The summed E-state index contributed by atoms with van der Waals surface area (Å²) in [7, 11) is 0. The van der Waals surface area contributed by atoms with E-state index in [0.717, 1.165) is 6.07 Å². The molecule has 6 nitrogen and oxygen atoms in total. The Kier molecular flexibility index (Phi) is 8.98. The number of carboxylic acid groups (broad SMARTS) is 1. The summed E-state index contributed by atoms with van der Waals surface area (Å²) in [6.45, 7) is 14.8. The number of aliphatic carboxylic acids is 1. The van der Waals surface area contributed by atoms with Crippen molar-refractivity contribution < 1.29 is 19.4 Å². The van der Waals surface area contributed by atoms with E-state index in [1.54, 1.807) is 0 Å². The Morgan fingerprint density at radius 2 is 1.68 bits per heavy atom. The molecule has 0 saturated heterocycles. The van der Waals surface area contributed by atoms with E-state index in [4.69, 9.17) is 53.1 Å². The molecule has 2 aromatic rings. The largest absolute Gasteiger partial charge is 0.480 e. The van der Waals surface area contributed by atoms with Gasteiger partial charge in [-0.2, -0.15) is 0 Å². The first-order chi connectivity index (χ1) is 13.1. The molecule has 0 aliphatic rings. The van der Waals surface area contributed by atoms with Gasteiger partial charge in [-0.3, -0.25) is 0 Å². The van der Waals surface area contributed by atoms with Crippen molar-refractivity contribution in [2.75, 3.05) is 5.32 Å². The van der Waals surface area contributed by atoms with E-state index < -0.39 is 23.9 Å². The molecule has 0 bridgehead atoms. The van der Waals surface area contributed by atoms with Crippen molar-refractivity contribution in [3.8, 4) is 0 Å². The average molecular weight is 445 g/mol. The lowest BCUT2D eigenvalue weighted by Gasteiger charge is -2.19. The zero-order valence-electron chi connectivity index (χ0n) is 14.3. The lowest BCUT2D eigenvalue weighted by atomic mass is 10.1. The highest BCUT2D eigenvalue weighted by Gasteiger charge is 2.24. The number of carboxylic acids is 1. The Hall–Kier alpha value is -2.55. The minimum absolute atomic E-state index is 0.0476. The molecule has 0 unspecified atom stereocenters. The number of aliphatic hydroxyl groups is 1. The molecule has 2 aromatic carbocycles. The minimum Gasteiger partial charge on any atom is -0.480 e. The van der Waals surface area contributed by atoms with E-state index >= 15 is 0 Å². The molecule has 3 N–H and O–H groups in total. The van der Waals surface area contributed by atoms with Crippen LogP contribution in [-0.2, 0) is 4.79 Å². The Morgan fingerprint density at radius 1 is 1.11 bits per heavy atom. The van der Waals surface area contributed by atoms with Crippen molar-refractivity contribution in [3.63, 3.8) is 0 Å². The number of nitrogens with one attached hydrogen (secondary N) is 1. The van der Waals surface area contributed by atoms with Crippen LogP contribution < -0.4 is 5.32 Å². The van der Waals surface area contributed by atoms with E-state index in [9.17, 15) is 14.3 Å². The Labute approximate surface area is 175 Å². The van der Waals surface area contributed by atoms with E-state index in [-0.39, 0.29) is 32.1 Å². The van der Waals surface area contributed by atoms with Crippen LogP contribution in [0.2, 0.25) is 15.1 Å². The molecular formula is C18H13Cl3FN3O3. The molecule has 0 radical (unpaired) electrons. The summed E-state index contributed by atoms with van der Waals surface area (Å²) in [4.78, 5) is 17.1. The van der Waals surface area contributed by atoms with E-state index in [2.05, 4.69) is 15.0 Å². The molecule has 0 heterocycles. The van der Waals surface area contributed by atoms with Crippen molar-refractivity contribution in [1.29, 1.82) is 0 Å². The molecule has 2 rings (SSSR count). The third-order valence-corrected chi connectivity index (χ3v) is 4.45. The van der Waals surface area contributed by atoms with E-state index in [1.807, 2.05) is 0 Å². The Bertz CT molecular complexity index is 956. The molecule has 28 heavy (non-hydrogen) atoms. The summed E-state index contributed by atoms with van der Waals surface area (Å²) in [5.74, 6) is -1.64. The van der Waals surface area contributed by atoms with Crippen LogP contribution in [0.5, 0.6) is 0 Å². The highest BCUT2D eigenvalue weighted by molar-refractivity contribution is 6.45. The van der Waals surface area contributed by atoms with Crippen molar-refractivity contribution in [3.05, 3.63) is 74.1 Å². The summed E-state index contributed by atoms with van der Waals surface area (Å²) < 4.78 is 12.3. The van der Waals surface area contributed by atoms with Crippen molar-refractivity contribution in [1.82, 2.24) is 0 Å². The van der Waals surface area contributed by atoms with Gasteiger partial charge in [-0.05, 0) is 25.1 Å². The number of halogens is 4. The Balaban J connectivity index is 0.000000330. The fraction of sp³-hybridized carbons (Fsp3) is 0.167. The molecule has 0 saturated carbocycles. The predicted octanol–water partition coefficient (Wildman–Crippen LogP) is 5.82. The quantitative estimate of drug-likeness (QED) is 0.519. The van der Waals surface area contributed by atoms with Crippen molar-refractivity contribution >= 4 is 57.8 Å². The minimum atomic E-state index is -1.22. The first-order valence-corrected chi connectivity index (χ1v) is 8.61. The second-order valence-electron chi connectivity index (χ2n) is 5.28. The fourth-order valence-corrected chi connectivity index (χ4v) is 2.50. The first kappa shape index (κ1) is 23.5. The maximum atomic E-state index is 12.3. The van der Waals surface area contributed by atoms with Crippen LogP contribution in [-0.4, -0.2) is 28.3 Å². The van der Waals surface area contributed by atoms with Gasteiger partial charge in [0, 0.05) is 5.02 Å². The van der Waals surface area contributed by atoms with Gasteiger partial charge < -0.3 is 15.5 Å².